The van der Waals surface area contributed by atoms with Crippen molar-refractivity contribution in [2.75, 3.05) is 19.0 Å². The molecule has 1 aliphatic carbocycles. The summed E-state index contributed by atoms with van der Waals surface area (Å²) in [6.45, 7) is 0.769. The molecule has 0 saturated heterocycles. The van der Waals surface area contributed by atoms with Crippen molar-refractivity contribution < 1.29 is 4.74 Å². The molecule has 2 aromatic rings. The van der Waals surface area contributed by atoms with E-state index in [2.05, 4.69) is 40.6 Å². The number of ether oxygens (including phenoxy) is 1. The number of benzene rings is 2. The van der Waals surface area contributed by atoms with Gasteiger partial charge in [0.2, 0.25) is 0 Å². The highest BCUT2D eigenvalue weighted by molar-refractivity contribution is 5.92. The van der Waals surface area contributed by atoms with E-state index in [1.807, 2.05) is 24.3 Å². The van der Waals surface area contributed by atoms with Crippen LogP contribution in [-0.4, -0.2) is 19.6 Å². The average molecular weight is 323 g/mol. The molecule has 24 heavy (non-hydrogen) atoms. The predicted octanol–water partition coefficient (Wildman–Crippen LogP) is 3.83. The van der Waals surface area contributed by atoms with E-state index in [-0.39, 0.29) is 5.41 Å². The fourth-order valence-electron chi connectivity index (χ4n) is 3.24. The van der Waals surface area contributed by atoms with Crippen LogP contribution < -0.4 is 15.8 Å². The van der Waals surface area contributed by atoms with E-state index in [1.54, 1.807) is 7.11 Å². The first-order valence-electron chi connectivity index (χ1n) is 8.44. The minimum atomic E-state index is 0.266. The summed E-state index contributed by atoms with van der Waals surface area (Å²) >= 11 is 0. The minimum Gasteiger partial charge on any atom is -0.497 e. The van der Waals surface area contributed by atoms with Crippen molar-refractivity contribution in [3.8, 4) is 5.75 Å². The average Bonchev–Trinajstić information content (AvgIpc) is 2.58. The fraction of sp³-hybridized carbons (Fsp3) is 0.350. The molecule has 0 radical (unpaired) electrons. The van der Waals surface area contributed by atoms with Crippen LogP contribution in [0.15, 0.2) is 59.6 Å². The topological polar surface area (TPSA) is 59.6 Å². The molecule has 3 rings (SSSR count). The third-order valence-electron chi connectivity index (χ3n) is 4.76. The lowest BCUT2D eigenvalue weighted by atomic mass is 9.65. The summed E-state index contributed by atoms with van der Waals surface area (Å²) < 4.78 is 5.22. The number of rotatable bonds is 6. The maximum absolute atomic E-state index is 6.07. The summed E-state index contributed by atoms with van der Waals surface area (Å²) in [6, 6.07) is 18.3. The fourth-order valence-corrected chi connectivity index (χ4v) is 3.24. The highest BCUT2D eigenvalue weighted by Crippen LogP contribution is 2.44. The van der Waals surface area contributed by atoms with E-state index in [9.17, 15) is 0 Å². The van der Waals surface area contributed by atoms with E-state index < -0.39 is 0 Å². The standard InChI is InChI=1S/C20H25N3O/c1-24-18-10-5-9-17(13-18)23-19(21)22-15-20(11-6-12-20)14-16-7-3-2-4-8-16/h2-5,7-10,13H,6,11-12,14-15H2,1H3,(H3,21,22,23). The summed E-state index contributed by atoms with van der Waals surface area (Å²) in [7, 11) is 1.65. The van der Waals surface area contributed by atoms with Crippen molar-refractivity contribution in [2.24, 2.45) is 16.1 Å². The molecule has 1 saturated carbocycles. The third kappa shape index (κ3) is 4.07. The van der Waals surface area contributed by atoms with Gasteiger partial charge in [-0.05, 0) is 42.4 Å². The molecule has 4 heteroatoms. The number of nitrogens with zero attached hydrogens (tertiary/aromatic N) is 1. The Labute approximate surface area is 143 Å². The second kappa shape index (κ2) is 7.39. The van der Waals surface area contributed by atoms with E-state index >= 15 is 0 Å². The van der Waals surface area contributed by atoms with Crippen LogP contribution in [0, 0.1) is 5.41 Å². The van der Waals surface area contributed by atoms with Gasteiger partial charge in [0.15, 0.2) is 5.96 Å². The van der Waals surface area contributed by atoms with Crippen LogP contribution in [0.2, 0.25) is 0 Å². The van der Waals surface area contributed by atoms with Gasteiger partial charge < -0.3 is 15.8 Å². The highest BCUT2D eigenvalue weighted by Gasteiger charge is 2.36. The summed E-state index contributed by atoms with van der Waals surface area (Å²) in [5, 5.41) is 3.15. The van der Waals surface area contributed by atoms with E-state index in [0.29, 0.717) is 5.96 Å². The number of nitrogens with one attached hydrogen (secondary N) is 1. The lowest BCUT2D eigenvalue weighted by Gasteiger charge is -2.41. The molecule has 0 heterocycles. The largest absolute Gasteiger partial charge is 0.497 e. The van der Waals surface area contributed by atoms with Gasteiger partial charge in [-0.1, -0.05) is 42.8 Å². The maximum atomic E-state index is 6.07. The minimum absolute atomic E-state index is 0.266. The molecule has 0 spiro atoms. The summed E-state index contributed by atoms with van der Waals surface area (Å²) in [5.41, 5.74) is 8.61. The van der Waals surface area contributed by atoms with Crippen LogP contribution in [-0.2, 0) is 6.42 Å². The molecule has 1 fully saturated rings. The lowest BCUT2D eigenvalue weighted by Crippen LogP contribution is -2.36. The molecule has 0 aromatic heterocycles. The second-order valence-electron chi connectivity index (χ2n) is 6.57. The van der Waals surface area contributed by atoms with Crippen molar-refractivity contribution in [3.05, 3.63) is 60.2 Å². The van der Waals surface area contributed by atoms with Crippen molar-refractivity contribution in [2.45, 2.75) is 25.7 Å². The smallest absolute Gasteiger partial charge is 0.193 e. The summed E-state index contributed by atoms with van der Waals surface area (Å²) in [5.74, 6) is 1.26. The van der Waals surface area contributed by atoms with Crippen LogP contribution in [0.1, 0.15) is 24.8 Å². The summed E-state index contributed by atoms with van der Waals surface area (Å²) in [4.78, 5) is 4.61. The molecule has 0 amide bonds. The van der Waals surface area contributed by atoms with Gasteiger partial charge in [0.25, 0.3) is 0 Å². The quantitative estimate of drug-likeness (QED) is 0.627. The number of guanidine groups is 1. The van der Waals surface area contributed by atoms with E-state index in [0.717, 1.165) is 24.4 Å². The molecule has 4 nitrogen and oxygen atoms in total. The Balaban J connectivity index is 1.62. The van der Waals surface area contributed by atoms with Gasteiger partial charge in [0, 0.05) is 18.3 Å². The van der Waals surface area contributed by atoms with Crippen LogP contribution in [0.5, 0.6) is 5.75 Å². The molecular formula is C20H25N3O. The number of methoxy groups -OCH3 is 1. The Bertz CT molecular complexity index is 693. The number of anilines is 1. The molecule has 0 aliphatic heterocycles. The van der Waals surface area contributed by atoms with Crippen molar-refractivity contribution in [1.29, 1.82) is 0 Å². The summed E-state index contributed by atoms with van der Waals surface area (Å²) in [6.07, 6.45) is 4.80. The Morgan fingerprint density at radius 3 is 2.62 bits per heavy atom. The zero-order chi connectivity index (χ0) is 16.8. The van der Waals surface area contributed by atoms with Crippen molar-refractivity contribution in [3.63, 3.8) is 0 Å². The highest BCUT2D eigenvalue weighted by atomic mass is 16.5. The second-order valence-corrected chi connectivity index (χ2v) is 6.57. The SMILES string of the molecule is COc1cccc(NC(N)=NCC2(Cc3ccccc3)CCC2)c1. The van der Waals surface area contributed by atoms with Crippen molar-refractivity contribution >= 4 is 11.6 Å². The molecule has 0 bridgehead atoms. The zero-order valence-electron chi connectivity index (χ0n) is 14.2. The zero-order valence-corrected chi connectivity index (χ0v) is 14.2. The Morgan fingerprint density at radius 1 is 1.17 bits per heavy atom. The molecule has 1 aliphatic rings. The normalized spacial score (nSPS) is 16.3. The first kappa shape index (κ1) is 16.4. The van der Waals surface area contributed by atoms with Gasteiger partial charge >= 0.3 is 0 Å². The lowest BCUT2D eigenvalue weighted by molar-refractivity contribution is 0.145. The molecule has 0 atom stereocenters. The van der Waals surface area contributed by atoms with Crippen molar-refractivity contribution in [1.82, 2.24) is 0 Å². The van der Waals surface area contributed by atoms with Crippen LogP contribution in [0.3, 0.4) is 0 Å². The molecule has 2 aromatic carbocycles. The Hall–Kier alpha value is -2.49. The van der Waals surface area contributed by atoms with Crippen LogP contribution in [0.4, 0.5) is 5.69 Å². The molecule has 126 valence electrons. The molecule has 0 unspecified atom stereocenters. The molecular weight excluding hydrogens is 298 g/mol. The van der Waals surface area contributed by atoms with Gasteiger partial charge in [0.05, 0.1) is 7.11 Å². The Morgan fingerprint density at radius 2 is 1.96 bits per heavy atom. The van der Waals surface area contributed by atoms with Gasteiger partial charge in [-0.25, -0.2) is 0 Å². The third-order valence-corrected chi connectivity index (χ3v) is 4.76. The number of hydrogen-bond donors (Lipinski definition) is 2. The number of aliphatic imine (C=N–C) groups is 1. The first-order chi connectivity index (χ1) is 11.7. The molecule has 3 N–H and O–H groups in total. The first-order valence-corrected chi connectivity index (χ1v) is 8.44. The van der Waals surface area contributed by atoms with Gasteiger partial charge in [-0.2, -0.15) is 0 Å². The van der Waals surface area contributed by atoms with E-state index in [1.165, 1.54) is 24.8 Å². The monoisotopic (exact) mass is 323 g/mol. The predicted molar refractivity (Wildman–Crippen MR) is 99.5 cm³/mol. The Kier molecular flexibility index (Phi) is 5.04. The van der Waals surface area contributed by atoms with Gasteiger partial charge in [-0.3, -0.25) is 4.99 Å². The number of hydrogen-bond acceptors (Lipinski definition) is 2. The van der Waals surface area contributed by atoms with E-state index in [4.69, 9.17) is 10.5 Å². The van der Waals surface area contributed by atoms with Gasteiger partial charge in [-0.15, -0.1) is 0 Å². The number of nitrogens with two attached hydrogens (primary N) is 1. The van der Waals surface area contributed by atoms with Crippen LogP contribution >= 0.6 is 0 Å². The maximum Gasteiger partial charge on any atom is 0.193 e. The van der Waals surface area contributed by atoms with Gasteiger partial charge in [0.1, 0.15) is 5.75 Å². The van der Waals surface area contributed by atoms with Crippen LogP contribution in [0.25, 0.3) is 0 Å².